The third-order valence-electron chi connectivity index (χ3n) is 4.76. The Bertz CT molecular complexity index is 725. The molecule has 2 N–H and O–H groups in total. The molecule has 0 atom stereocenters. The predicted octanol–water partition coefficient (Wildman–Crippen LogP) is 2.92. The summed E-state index contributed by atoms with van der Waals surface area (Å²) < 4.78 is 0. The second kappa shape index (κ2) is 8.28. The number of aryl methyl sites for hydroxylation is 2. The molecule has 1 aliphatic heterocycles. The van der Waals surface area contributed by atoms with Crippen LogP contribution in [0.25, 0.3) is 0 Å². The molecule has 1 heterocycles. The number of amides is 1. The van der Waals surface area contributed by atoms with E-state index in [1.165, 1.54) is 22.3 Å². The van der Waals surface area contributed by atoms with Crippen LogP contribution >= 0.6 is 0 Å². The average Bonchev–Trinajstić information content (AvgIpc) is 2.61. The molecule has 1 amide bonds. The van der Waals surface area contributed by atoms with Crippen LogP contribution in [-0.2, 0) is 24.2 Å². The molecule has 0 spiro atoms. The Balaban J connectivity index is 1.56. The molecule has 132 valence electrons. The number of aliphatic hydroxyl groups is 1. The van der Waals surface area contributed by atoms with Crippen LogP contribution in [0.2, 0.25) is 0 Å². The third-order valence-corrected chi connectivity index (χ3v) is 4.76. The van der Waals surface area contributed by atoms with Gasteiger partial charge in [-0.2, -0.15) is 0 Å². The van der Waals surface area contributed by atoms with E-state index in [9.17, 15) is 4.79 Å². The zero-order valence-electron chi connectivity index (χ0n) is 14.8. The van der Waals surface area contributed by atoms with Gasteiger partial charge in [-0.1, -0.05) is 35.9 Å². The van der Waals surface area contributed by atoms with Crippen molar-refractivity contribution in [1.82, 2.24) is 4.90 Å². The van der Waals surface area contributed by atoms with Crippen molar-refractivity contribution in [2.45, 2.75) is 32.7 Å². The first-order valence-corrected chi connectivity index (χ1v) is 8.94. The largest absolute Gasteiger partial charge is 0.395 e. The number of rotatable bonds is 6. The number of nitrogens with one attached hydrogen (secondary N) is 1. The normalized spacial score (nSPS) is 14.2. The van der Waals surface area contributed by atoms with Crippen LogP contribution in [0.3, 0.4) is 0 Å². The van der Waals surface area contributed by atoms with Gasteiger partial charge in [0.2, 0.25) is 5.91 Å². The summed E-state index contributed by atoms with van der Waals surface area (Å²) in [6.45, 7) is 4.77. The van der Waals surface area contributed by atoms with E-state index in [1.54, 1.807) is 0 Å². The number of nitrogens with zero attached hydrogens (tertiary/aromatic N) is 1. The highest BCUT2D eigenvalue weighted by Gasteiger charge is 2.16. The Hall–Kier alpha value is -2.17. The number of fused-ring (bicyclic) bond motifs is 1. The van der Waals surface area contributed by atoms with Gasteiger partial charge in [-0.3, -0.25) is 9.69 Å². The maximum absolute atomic E-state index is 12.2. The number of aliphatic hydroxyl groups excluding tert-OH is 1. The molecule has 0 saturated heterocycles. The zero-order valence-corrected chi connectivity index (χ0v) is 14.8. The summed E-state index contributed by atoms with van der Waals surface area (Å²) in [5.41, 5.74) is 5.87. The number of β-amino-alcohol motifs (C(OH)–C–C–N with tert-alkyl or cyclic N) is 1. The van der Waals surface area contributed by atoms with Gasteiger partial charge < -0.3 is 10.4 Å². The van der Waals surface area contributed by atoms with Crippen LogP contribution in [0.1, 0.15) is 28.7 Å². The highest BCUT2D eigenvalue weighted by Crippen LogP contribution is 2.22. The van der Waals surface area contributed by atoms with E-state index in [0.717, 1.165) is 31.6 Å². The number of anilines is 1. The van der Waals surface area contributed by atoms with Crippen molar-refractivity contribution in [3.05, 3.63) is 64.7 Å². The minimum absolute atomic E-state index is 0.0450. The first-order valence-electron chi connectivity index (χ1n) is 8.94. The van der Waals surface area contributed by atoms with Gasteiger partial charge in [-0.25, -0.2) is 0 Å². The molecular formula is C21H26N2O2. The van der Waals surface area contributed by atoms with Crippen molar-refractivity contribution in [2.24, 2.45) is 0 Å². The minimum atomic E-state index is 0.0450. The molecule has 3 rings (SSSR count). The molecular weight excluding hydrogens is 312 g/mol. The van der Waals surface area contributed by atoms with Crippen molar-refractivity contribution < 1.29 is 9.90 Å². The standard InChI is InChI=1S/C21H26N2O2/c1-16-2-4-17(5-3-16)6-9-21(25)22-20-8-7-18-10-11-23(12-13-24)15-19(18)14-20/h2-5,7-8,14,24H,6,9-13,15H2,1H3,(H,22,25). The second-order valence-electron chi connectivity index (χ2n) is 6.77. The Morgan fingerprint density at radius 2 is 1.96 bits per heavy atom. The Labute approximate surface area is 149 Å². The fourth-order valence-electron chi connectivity index (χ4n) is 3.26. The molecule has 0 saturated carbocycles. The van der Waals surface area contributed by atoms with E-state index >= 15 is 0 Å². The van der Waals surface area contributed by atoms with Gasteiger partial charge in [-0.15, -0.1) is 0 Å². The molecule has 25 heavy (non-hydrogen) atoms. The minimum Gasteiger partial charge on any atom is -0.395 e. The maximum atomic E-state index is 12.2. The van der Waals surface area contributed by atoms with Gasteiger partial charge in [0.05, 0.1) is 6.61 Å². The van der Waals surface area contributed by atoms with Gasteiger partial charge in [0.15, 0.2) is 0 Å². The summed E-state index contributed by atoms with van der Waals surface area (Å²) >= 11 is 0. The van der Waals surface area contributed by atoms with Gasteiger partial charge in [0.25, 0.3) is 0 Å². The monoisotopic (exact) mass is 338 g/mol. The van der Waals surface area contributed by atoms with Crippen LogP contribution in [0.5, 0.6) is 0 Å². The summed E-state index contributed by atoms with van der Waals surface area (Å²) in [5.74, 6) is 0.0450. The van der Waals surface area contributed by atoms with Crippen LogP contribution in [0.15, 0.2) is 42.5 Å². The summed E-state index contributed by atoms with van der Waals surface area (Å²) in [5, 5.41) is 12.1. The van der Waals surface area contributed by atoms with Gasteiger partial charge in [-0.05, 0) is 48.6 Å². The third kappa shape index (κ3) is 4.91. The molecule has 1 aliphatic rings. The van der Waals surface area contributed by atoms with Crippen LogP contribution in [0, 0.1) is 6.92 Å². The van der Waals surface area contributed by atoms with Crippen molar-refractivity contribution in [2.75, 3.05) is 25.0 Å². The molecule has 2 aromatic carbocycles. The quantitative estimate of drug-likeness (QED) is 0.851. The lowest BCUT2D eigenvalue weighted by molar-refractivity contribution is -0.116. The second-order valence-corrected chi connectivity index (χ2v) is 6.77. The number of hydrogen-bond acceptors (Lipinski definition) is 3. The molecule has 0 aromatic heterocycles. The van der Waals surface area contributed by atoms with E-state index in [4.69, 9.17) is 5.11 Å². The summed E-state index contributed by atoms with van der Waals surface area (Å²) in [6.07, 6.45) is 2.23. The maximum Gasteiger partial charge on any atom is 0.224 e. The number of hydrogen-bond donors (Lipinski definition) is 2. The van der Waals surface area contributed by atoms with Crippen LogP contribution in [-0.4, -0.2) is 35.6 Å². The topological polar surface area (TPSA) is 52.6 Å². The lowest BCUT2D eigenvalue weighted by atomic mass is 9.99. The first kappa shape index (κ1) is 17.6. The molecule has 4 nitrogen and oxygen atoms in total. The summed E-state index contributed by atoms with van der Waals surface area (Å²) in [6, 6.07) is 14.5. The molecule has 2 aromatic rings. The molecule has 0 unspecified atom stereocenters. The molecule has 4 heteroatoms. The molecule has 0 radical (unpaired) electrons. The van der Waals surface area contributed by atoms with Gasteiger partial charge >= 0.3 is 0 Å². The number of carbonyl (C=O) groups excluding carboxylic acids is 1. The predicted molar refractivity (Wildman–Crippen MR) is 101 cm³/mol. The highest BCUT2D eigenvalue weighted by atomic mass is 16.3. The Morgan fingerprint density at radius 1 is 1.16 bits per heavy atom. The fraction of sp³-hybridized carbons (Fsp3) is 0.381. The Morgan fingerprint density at radius 3 is 2.72 bits per heavy atom. The lowest BCUT2D eigenvalue weighted by Crippen LogP contribution is -2.32. The molecule has 0 bridgehead atoms. The van der Waals surface area contributed by atoms with Crippen molar-refractivity contribution in [1.29, 1.82) is 0 Å². The SMILES string of the molecule is Cc1ccc(CCC(=O)Nc2ccc3c(c2)CN(CCO)CC3)cc1. The number of benzene rings is 2. The van der Waals surface area contributed by atoms with Gasteiger partial charge in [0, 0.05) is 31.7 Å². The summed E-state index contributed by atoms with van der Waals surface area (Å²) in [4.78, 5) is 14.5. The van der Waals surface area contributed by atoms with Crippen molar-refractivity contribution in [3.8, 4) is 0 Å². The van der Waals surface area contributed by atoms with E-state index in [2.05, 4.69) is 53.5 Å². The lowest BCUT2D eigenvalue weighted by Gasteiger charge is -2.28. The fourth-order valence-corrected chi connectivity index (χ4v) is 3.26. The number of carbonyl (C=O) groups is 1. The average molecular weight is 338 g/mol. The van der Waals surface area contributed by atoms with Crippen LogP contribution < -0.4 is 5.32 Å². The van der Waals surface area contributed by atoms with Crippen molar-refractivity contribution >= 4 is 11.6 Å². The van der Waals surface area contributed by atoms with E-state index < -0.39 is 0 Å². The van der Waals surface area contributed by atoms with Crippen molar-refractivity contribution in [3.63, 3.8) is 0 Å². The summed E-state index contributed by atoms with van der Waals surface area (Å²) in [7, 11) is 0. The highest BCUT2D eigenvalue weighted by molar-refractivity contribution is 5.91. The Kier molecular flexibility index (Phi) is 5.84. The van der Waals surface area contributed by atoms with Gasteiger partial charge in [0.1, 0.15) is 0 Å². The zero-order chi connectivity index (χ0) is 17.6. The first-order chi connectivity index (χ1) is 12.1. The van der Waals surface area contributed by atoms with E-state index in [0.29, 0.717) is 13.0 Å². The molecule has 0 fully saturated rings. The van der Waals surface area contributed by atoms with Crippen LogP contribution in [0.4, 0.5) is 5.69 Å². The molecule has 0 aliphatic carbocycles. The van der Waals surface area contributed by atoms with E-state index in [-0.39, 0.29) is 12.5 Å². The smallest absolute Gasteiger partial charge is 0.224 e. The van der Waals surface area contributed by atoms with E-state index in [1.807, 2.05) is 6.07 Å².